The van der Waals surface area contributed by atoms with Crippen molar-refractivity contribution in [3.05, 3.63) is 29.8 Å². The maximum atomic E-state index is 12.7. The summed E-state index contributed by atoms with van der Waals surface area (Å²) in [6, 6.07) is 6.80. The Morgan fingerprint density at radius 1 is 1.36 bits per heavy atom. The fraction of sp³-hybridized carbons (Fsp3) is 0.500. The summed E-state index contributed by atoms with van der Waals surface area (Å²) in [4.78, 5) is 26.2. The second-order valence-corrected chi connectivity index (χ2v) is 5.83. The van der Waals surface area contributed by atoms with Gasteiger partial charge in [0.25, 0.3) is 5.91 Å². The van der Waals surface area contributed by atoms with E-state index < -0.39 is 5.54 Å². The summed E-state index contributed by atoms with van der Waals surface area (Å²) >= 11 is 0. The quantitative estimate of drug-likeness (QED) is 0.859. The molecule has 2 heterocycles. The van der Waals surface area contributed by atoms with Crippen molar-refractivity contribution in [1.82, 2.24) is 10.2 Å². The Labute approximate surface area is 129 Å². The van der Waals surface area contributed by atoms with Crippen molar-refractivity contribution >= 4 is 11.9 Å². The predicted octanol–water partition coefficient (Wildman–Crippen LogP) is 1.64. The van der Waals surface area contributed by atoms with Crippen LogP contribution in [0.4, 0.5) is 4.79 Å². The number of carbonyl (C=O) groups is 2. The number of urea groups is 1. The molecule has 0 saturated carbocycles. The number of hydrogen-bond donors (Lipinski definition) is 1. The zero-order valence-electron chi connectivity index (χ0n) is 12.8. The molecule has 0 unspecified atom stereocenters. The van der Waals surface area contributed by atoms with E-state index in [2.05, 4.69) is 5.32 Å². The summed E-state index contributed by atoms with van der Waals surface area (Å²) in [7, 11) is 1.59. The minimum Gasteiger partial charge on any atom is -0.497 e. The van der Waals surface area contributed by atoms with E-state index in [1.54, 1.807) is 38.3 Å². The van der Waals surface area contributed by atoms with Gasteiger partial charge in [0.1, 0.15) is 11.3 Å². The van der Waals surface area contributed by atoms with Gasteiger partial charge in [0.05, 0.1) is 19.8 Å². The topological polar surface area (TPSA) is 67.9 Å². The number of benzene rings is 1. The van der Waals surface area contributed by atoms with Crippen LogP contribution in [0.3, 0.4) is 0 Å². The van der Waals surface area contributed by atoms with E-state index >= 15 is 0 Å². The number of rotatable bonds is 4. The summed E-state index contributed by atoms with van der Waals surface area (Å²) in [5, 5.41) is 2.80. The highest BCUT2D eigenvalue weighted by Crippen LogP contribution is 2.30. The van der Waals surface area contributed by atoms with Gasteiger partial charge in [-0.3, -0.25) is 9.69 Å². The van der Waals surface area contributed by atoms with Gasteiger partial charge in [-0.2, -0.15) is 0 Å². The summed E-state index contributed by atoms with van der Waals surface area (Å²) in [6.45, 7) is 2.74. The van der Waals surface area contributed by atoms with Gasteiger partial charge in [-0.05, 0) is 37.5 Å². The summed E-state index contributed by atoms with van der Waals surface area (Å²) in [5.74, 6) is 0.471. The molecule has 0 radical (unpaired) electrons. The third kappa shape index (κ3) is 2.43. The number of ether oxygens (including phenoxy) is 2. The average molecular weight is 304 g/mol. The molecule has 2 aliphatic rings. The molecular formula is C16H20N2O4. The van der Waals surface area contributed by atoms with Crippen LogP contribution in [0.5, 0.6) is 5.75 Å². The zero-order chi connectivity index (χ0) is 15.7. The fourth-order valence-electron chi connectivity index (χ4n) is 2.97. The molecule has 1 aromatic rings. The fourth-order valence-corrected chi connectivity index (χ4v) is 2.97. The zero-order valence-corrected chi connectivity index (χ0v) is 12.8. The van der Waals surface area contributed by atoms with E-state index in [0.717, 1.165) is 18.4 Å². The Morgan fingerprint density at radius 3 is 2.68 bits per heavy atom. The molecular weight excluding hydrogens is 284 g/mol. The molecule has 2 fully saturated rings. The van der Waals surface area contributed by atoms with E-state index in [1.807, 2.05) is 0 Å². The molecule has 0 spiro atoms. The third-order valence-electron chi connectivity index (χ3n) is 4.35. The van der Waals surface area contributed by atoms with Crippen LogP contribution in [0.25, 0.3) is 0 Å². The summed E-state index contributed by atoms with van der Waals surface area (Å²) in [5.41, 5.74) is -0.302. The summed E-state index contributed by atoms with van der Waals surface area (Å²) < 4.78 is 10.6. The van der Waals surface area contributed by atoms with Crippen LogP contribution in [0.1, 0.15) is 25.3 Å². The average Bonchev–Trinajstić information content (AvgIpc) is 3.11. The number of nitrogens with one attached hydrogen (secondary N) is 1. The van der Waals surface area contributed by atoms with Gasteiger partial charge in [0.2, 0.25) is 0 Å². The Bertz CT molecular complexity index is 580. The second-order valence-electron chi connectivity index (χ2n) is 5.83. The molecule has 6 nitrogen and oxygen atoms in total. The van der Waals surface area contributed by atoms with Gasteiger partial charge in [-0.15, -0.1) is 0 Å². The highest BCUT2D eigenvalue weighted by molar-refractivity contribution is 6.07. The molecule has 3 amide bonds. The van der Waals surface area contributed by atoms with Crippen LogP contribution in [-0.2, 0) is 15.1 Å². The lowest BCUT2D eigenvalue weighted by atomic mass is 9.92. The molecule has 1 N–H and O–H groups in total. The number of hydrogen-bond acceptors (Lipinski definition) is 4. The lowest BCUT2D eigenvalue weighted by molar-refractivity contribution is -0.132. The smallest absolute Gasteiger partial charge is 0.325 e. The molecule has 2 atom stereocenters. The van der Waals surface area contributed by atoms with Gasteiger partial charge < -0.3 is 14.8 Å². The van der Waals surface area contributed by atoms with E-state index in [1.165, 1.54) is 4.90 Å². The van der Waals surface area contributed by atoms with Crippen molar-refractivity contribution < 1.29 is 19.1 Å². The molecule has 118 valence electrons. The van der Waals surface area contributed by atoms with Crippen LogP contribution in [0.15, 0.2) is 24.3 Å². The van der Waals surface area contributed by atoms with E-state index in [4.69, 9.17) is 9.47 Å². The first-order valence-electron chi connectivity index (χ1n) is 7.45. The van der Waals surface area contributed by atoms with Gasteiger partial charge in [-0.1, -0.05) is 12.1 Å². The number of amides is 3. The molecule has 3 rings (SSSR count). The summed E-state index contributed by atoms with van der Waals surface area (Å²) in [6.07, 6.45) is 1.81. The van der Waals surface area contributed by atoms with Crippen molar-refractivity contribution in [3.63, 3.8) is 0 Å². The van der Waals surface area contributed by atoms with Crippen molar-refractivity contribution in [1.29, 1.82) is 0 Å². The lowest BCUT2D eigenvalue weighted by Gasteiger charge is -2.23. The Balaban J connectivity index is 1.81. The predicted molar refractivity (Wildman–Crippen MR) is 79.6 cm³/mol. The monoisotopic (exact) mass is 304 g/mol. The first-order valence-corrected chi connectivity index (χ1v) is 7.45. The number of nitrogens with zero attached hydrogens (tertiary/aromatic N) is 1. The van der Waals surface area contributed by atoms with Gasteiger partial charge in [0, 0.05) is 6.61 Å². The minimum atomic E-state index is -1.04. The first-order chi connectivity index (χ1) is 10.5. The van der Waals surface area contributed by atoms with Crippen molar-refractivity contribution in [2.24, 2.45) is 0 Å². The number of methoxy groups -OCH3 is 1. The van der Waals surface area contributed by atoms with Gasteiger partial charge in [-0.25, -0.2) is 4.79 Å². The first kappa shape index (κ1) is 14.8. The molecule has 6 heteroatoms. The minimum absolute atomic E-state index is 0.0482. The van der Waals surface area contributed by atoms with E-state index in [0.29, 0.717) is 18.9 Å². The Hall–Kier alpha value is -2.08. The van der Waals surface area contributed by atoms with E-state index in [-0.39, 0.29) is 18.0 Å². The molecule has 0 bridgehead atoms. The highest BCUT2D eigenvalue weighted by atomic mass is 16.5. The van der Waals surface area contributed by atoms with Crippen molar-refractivity contribution in [2.75, 3.05) is 20.3 Å². The Morgan fingerprint density at radius 2 is 2.09 bits per heavy atom. The van der Waals surface area contributed by atoms with Crippen molar-refractivity contribution in [3.8, 4) is 5.75 Å². The van der Waals surface area contributed by atoms with E-state index in [9.17, 15) is 9.59 Å². The van der Waals surface area contributed by atoms with Crippen LogP contribution in [0.2, 0.25) is 0 Å². The van der Waals surface area contributed by atoms with Crippen LogP contribution >= 0.6 is 0 Å². The number of carbonyl (C=O) groups excluding carboxylic acids is 2. The highest BCUT2D eigenvalue weighted by Gasteiger charge is 2.49. The largest absolute Gasteiger partial charge is 0.497 e. The molecule has 22 heavy (non-hydrogen) atoms. The Kier molecular flexibility index (Phi) is 3.78. The molecule has 2 aliphatic heterocycles. The van der Waals surface area contributed by atoms with Gasteiger partial charge >= 0.3 is 6.03 Å². The second kappa shape index (κ2) is 5.61. The maximum Gasteiger partial charge on any atom is 0.325 e. The van der Waals surface area contributed by atoms with Crippen LogP contribution in [0, 0.1) is 0 Å². The van der Waals surface area contributed by atoms with Crippen LogP contribution < -0.4 is 10.1 Å². The third-order valence-corrected chi connectivity index (χ3v) is 4.35. The molecule has 2 saturated heterocycles. The molecule has 0 aliphatic carbocycles. The lowest BCUT2D eigenvalue weighted by Crippen LogP contribution is -2.41. The van der Waals surface area contributed by atoms with Crippen LogP contribution in [-0.4, -0.2) is 43.2 Å². The van der Waals surface area contributed by atoms with Gasteiger partial charge in [0.15, 0.2) is 0 Å². The number of imide groups is 1. The molecule has 0 aromatic heterocycles. The standard InChI is InChI=1S/C16H20N2O4/c1-16(11-5-7-12(21-2)8-6-11)14(19)18(15(20)17-16)10-13-4-3-9-22-13/h5-8,13H,3-4,9-10H2,1-2H3,(H,17,20)/t13-,16+/m1/s1. The van der Waals surface area contributed by atoms with Crippen molar-refractivity contribution in [2.45, 2.75) is 31.4 Å². The normalized spacial score (nSPS) is 28.1. The maximum absolute atomic E-state index is 12.7. The molecule has 1 aromatic carbocycles. The SMILES string of the molecule is COc1ccc([C@]2(C)NC(=O)N(C[C@H]3CCCO3)C2=O)cc1.